The number of sulfonamides is 1. The second-order valence-electron chi connectivity index (χ2n) is 4.12. The first-order valence-corrected chi connectivity index (χ1v) is 8.59. The van der Waals surface area contributed by atoms with Crippen LogP contribution < -0.4 is 0 Å². The van der Waals surface area contributed by atoms with Gasteiger partial charge in [-0.2, -0.15) is 16.1 Å². The van der Waals surface area contributed by atoms with E-state index in [1.165, 1.54) is 17.8 Å². The number of thioether (sulfide) groups is 1. The van der Waals surface area contributed by atoms with Gasteiger partial charge in [0, 0.05) is 23.1 Å². The van der Waals surface area contributed by atoms with Crippen molar-refractivity contribution in [2.24, 2.45) is 0 Å². The Bertz CT molecular complexity index is 637. The summed E-state index contributed by atoms with van der Waals surface area (Å²) >= 11 is 6.94. The second-order valence-corrected chi connectivity index (χ2v) is 7.56. The number of nitrogens with zero attached hydrogens (tertiary/aromatic N) is 1. The molecular weight excluding hydrogens is 329 g/mol. The van der Waals surface area contributed by atoms with E-state index >= 15 is 0 Å². The lowest BCUT2D eigenvalue weighted by Crippen LogP contribution is -2.50. The Hall–Kier alpha value is -0.830. The van der Waals surface area contributed by atoms with Crippen LogP contribution in [0.1, 0.15) is 0 Å². The van der Waals surface area contributed by atoms with Crippen LogP contribution in [0.25, 0.3) is 0 Å². The van der Waals surface area contributed by atoms with Crippen molar-refractivity contribution in [2.45, 2.75) is 10.9 Å². The number of carbonyl (C=O) groups is 1. The van der Waals surface area contributed by atoms with Gasteiger partial charge in [-0.25, -0.2) is 12.8 Å². The minimum atomic E-state index is -4.20. The number of carboxylic acid groups (broad SMARTS) is 1. The first kappa shape index (κ1) is 15.6. The molecule has 0 radical (unpaired) electrons. The van der Waals surface area contributed by atoms with E-state index in [2.05, 4.69) is 0 Å². The van der Waals surface area contributed by atoms with Crippen LogP contribution in [0, 0.1) is 5.82 Å². The van der Waals surface area contributed by atoms with Gasteiger partial charge < -0.3 is 5.11 Å². The van der Waals surface area contributed by atoms with Crippen molar-refractivity contribution >= 4 is 39.4 Å². The summed E-state index contributed by atoms with van der Waals surface area (Å²) < 4.78 is 39.4. The van der Waals surface area contributed by atoms with Gasteiger partial charge >= 0.3 is 5.97 Å². The van der Waals surface area contributed by atoms with Crippen LogP contribution in [0.5, 0.6) is 0 Å². The minimum Gasteiger partial charge on any atom is -0.480 e. The van der Waals surface area contributed by atoms with Crippen molar-refractivity contribution in [3.63, 3.8) is 0 Å². The molecule has 1 aliphatic heterocycles. The fourth-order valence-corrected chi connectivity index (χ4v) is 4.92. The second kappa shape index (κ2) is 5.88. The molecule has 5 nitrogen and oxygen atoms in total. The van der Waals surface area contributed by atoms with Crippen molar-refractivity contribution in [3.05, 3.63) is 29.0 Å². The molecule has 2 rings (SSSR count). The minimum absolute atomic E-state index is 0.0338. The van der Waals surface area contributed by atoms with Crippen LogP contribution in [0.4, 0.5) is 4.39 Å². The topological polar surface area (TPSA) is 74.7 Å². The average molecular weight is 340 g/mol. The first-order chi connectivity index (χ1) is 9.34. The number of aliphatic carboxylic acids is 1. The van der Waals surface area contributed by atoms with Crippen molar-refractivity contribution in [1.82, 2.24) is 4.31 Å². The standard InChI is InChI=1S/C11H11ClFNO4S2/c12-7-1-2-10(8(13)5-7)20(17,18)14-3-4-19-6-9(14)11(15)16/h1-2,5,9H,3-4,6H2,(H,15,16). The summed E-state index contributed by atoms with van der Waals surface area (Å²) in [4.78, 5) is 10.6. The van der Waals surface area contributed by atoms with Crippen LogP contribution >= 0.6 is 23.4 Å². The lowest BCUT2D eigenvalue weighted by Gasteiger charge is -2.31. The Morgan fingerprint density at radius 3 is 2.80 bits per heavy atom. The van der Waals surface area contributed by atoms with Crippen molar-refractivity contribution in [2.75, 3.05) is 18.1 Å². The highest BCUT2D eigenvalue weighted by Crippen LogP contribution is 2.27. The zero-order chi connectivity index (χ0) is 14.9. The summed E-state index contributed by atoms with van der Waals surface area (Å²) in [6.07, 6.45) is 0. The molecule has 0 spiro atoms. The lowest BCUT2D eigenvalue weighted by molar-refractivity contribution is -0.140. The smallest absolute Gasteiger partial charge is 0.322 e. The molecule has 0 bridgehead atoms. The van der Waals surface area contributed by atoms with E-state index in [-0.39, 0.29) is 17.3 Å². The number of carboxylic acids is 1. The normalized spacial score (nSPS) is 20.8. The van der Waals surface area contributed by atoms with E-state index < -0.39 is 32.7 Å². The molecule has 1 aromatic carbocycles. The zero-order valence-electron chi connectivity index (χ0n) is 10.1. The molecule has 1 aromatic rings. The quantitative estimate of drug-likeness (QED) is 0.906. The fraction of sp³-hybridized carbons (Fsp3) is 0.364. The van der Waals surface area contributed by atoms with Gasteiger partial charge in [0.15, 0.2) is 0 Å². The van der Waals surface area contributed by atoms with E-state index in [1.54, 1.807) is 0 Å². The summed E-state index contributed by atoms with van der Waals surface area (Å²) in [6, 6.07) is 2.01. The molecule has 1 unspecified atom stereocenters. The molecule has 9 heteroatoms. The molecule has 0 amide bonds. The number of halogens is 2. The van der Waals surface area contributed by atoms with Gasteiger partial charge in [-0.3, -0.25) is 4.79 Å². The highest BCUT2D eigenvalue weighted by molar-refractivity contribution is 7.99. The largest absolute Gasteiger partial charge is 0.480 e. The predicted octanol–water partition coefficient (Wildman–Crippen LogP) is 1.67. The van der Waals surface area contributed by atoms with Crippen molar-refractivity contribution < 1.29 is 22.7 Å². The zero-order valence-corrected chi connectivity index (χ0v) is 12.5. The molecule has 0 aliphatic carbocycles. The van der Waals surface area contributed by atoms with Crippen LogP contribution in [-0.2, 0) is 14.8 Å². The van der Waals surface area contributed by atoms with Gasteiger partial charge in [0.2, 0.25) is 10.0 Å². The number of hydrogen-bond donors (Lipinski definition) is 1. The van der Waals surface area contributed by atoms with Crippen LogP contribution in [0.2, 0.25) is 5.02 Å². The lowest BCUT2D eigenvalue weighted by atomic mass is 10.3. The third kappa shape index (κ3) is 2.93. The maximum Gasteiger partial charge on any atom is 0.322 e. The van der Waals surface area contributed by atoms with Gasteiger partial charge in [-0.1, -0.05) is 11.6 Å². The van der Waals surface area contributed by atoms with E-state index in [0.717, 1.165) is 16.4 Å². The van der Waals surface area contributed by atoms with Crippen LogP contribution in [0.3, 0.4) is 0 Å². The molecule has 1 saturated heterocycles. The Morgan fingerprint density at radius 2 is 2.20 bits per heavy atom. The van der Waals surface area contributed by atoms with Crippen LogP contribution in [-0.4, -0.2) is 47.9 Å². The van der Waals surface area contributed by atoms with E-state index in [4.69, 9.17) is 16.7 Å². The molecule has 0 aromatic heterocycles. The molecule has 1 aliphatic rings. The highest BCUT2D eigenvalue weighted by atomic mass is 35.5. The molecule has 0 saturated carbocycles. The molecule has 1 atom stereocenters. The maximum atomic E-state index is 13.8. The van der Waals surface area contributed by atoms with Gasteiger partial charge in [-0.05, 0) is 18.2 Å². The van der Waals surface area contributed by atoms with Gasteiger partial charge in [-0.15, -0.1) is 0 Å². The first-order valence-electron chi connectivity index (χ1n) is 5.61. The third-order valence-electron chi connectivity index (χ3n) is 2.84. The van der Waals surface area contributed by atoms with Gasteiger partial charge in [0.05, 0.1) is 0 Å². The van der Waals surface area contributed by atoms with Crippen molar-refractivity contribution in [1.29, 1.82) is 0 Å². The Kier molecular flexibility index (Phi) is 4.58. The van der Waals surface area contributed by atoms with E-state index in [1.807, 2.05) is 0 Å². The molecule has 110 valence electrons. The van der Waals surface area contributed by atoms with Gasteiger partial charge in [0.1, 0.15) is 16.8 Å². The van der Waals surface area contributed by atoms with Gasteiger partial charge in [0.25, 0.3) is 0 Å². The third-order valence-corrected chi connectivity index (χ3v) is 6.04. The summed E-state index contributed by atoms with van der Waals surface area (Å²) in [5.41, 5.74) is 0. The van der Waals surface area contributed by atoms with Crippen molar-refractivity contribution in [3.8, 4) is 0 Å². The summed E-state index contributed by atoms with van der Waals surface area (Å²) in [5, 5.41) is 9.17. The average Bonchev–Trinajstić information content (AvgIpc) is 2.38. The van der Waals surface area contributed by atoms with E-state index in [9.17, 15) is 17.6 Å². The molecule has 1 fully saturated rings. The Balaban J connectivity index is 2.45. The molecule has 1 heterocycles. The van der Waals surface area contributed by atoms with Crippen LogP contribution in [0.15, 0.2) is 23.1 Å². The Morgan fingerprint density at radius 1 is 1.50 bits per heavy atom. The number of rotatable bonds is 3. The SMILES string of the molecule is O=C(O)C1CSCCN1S(=O)(=O)c1ccc(Cl)cc1F. The highest BCUT2D eigenvalue weighted by Gasteiger charge is 2.39. The van der Waals surface area contributed by atoms with E-state index in [0.29, 0.717) is 5.75 Å². The molecule has 20 heavy (non-hydrogen) atoms. The fourth-order valence-electron chi connectivity index (χ4n) is 1.88. The Labute approximate surface area is 124 Å². The number of hydrogen-bond acceptors (Lipinski definition) is 4. The summed E-state index contributed by atoms with van der Waals surface area (Å²) in [5.74, 6) is -1.61. The number of benzene rings is 1. The molecule has 1 N–H and O–H groups in total. The monoisotopic (exact) mass is 339 g/mol. The molecular formula is C11H11ClFNO4S2. The maximum absolute atomic E-state index is 13.8. The summed E-state index contributed by atoms with van der Waals surface area (Å²) in [6.45, 7) is 0.0338. The predicted molar refractivity (Wildman–Crippen MR) is 74.1 cm³/mol. The summed E-state index contributed by atoms with van der Waals surface area (Å²) in [7, 11) is -4.20.